The Morgan fingerprint density at radius 3 is 1.14 bits per heavy atom. The smallest absolute Gasteiger partial charge is 0.345 e. The fraction of sp³-hybridized carbons (Fsp3) is 0.604. The number of carbonyl (C=O) groups is 2. The number of pyridine rings is 1. The number of benzene rings is 3. The molecule has 0 fully saturated rings. The molecular weight excluding hydrogens is 1020 g/mol. The van der Waals surface area contributed by atoms with Gasteiger partial charge in [0.05, 0.1) is 180 Å². The normalized spacial score (nSPS) is 11.7. The van der Waals surface area contributed by atoms with E-state index in [0.29, 0.717) is 182 Å². The zero-order valence-corrected chi connectivity index (χ0v) is 45.5. The summed E-state index contributed by atoms with van der Waals surface area (Å²) in [5.74, 6) is -0.642. The molecule has 76 heavy (non-hydrogen) atoms. The molecule has 1 aromatic heterocycles. The molecule has 4 rings (SSSR count). The van der Waals surface area contributed by atoms with Gasteiger partial charge in [-0.2, -0.15) is 13.0 Å². The summed E-state index contributed by atoms with van der Waals surface area (Å²) in [4.78, 5) is 27.2. The van der Waals surface area contributed by atoms with Crippen LogP contribution in [0.1, 0.15) is 38.3 Å². The molecule has 0 atom stereocenters. The Morgan fingerprint density at radius 2 is 0.816 bits per heavy atom. The van der Waals surface area contributed by atoms with E-state index in [4.69, 9.17) is 75.8 Å². The molecular formula is C53H78NO21S+. The summed E-state index contributed by atoms with van der Waals surface area (Å²) in [5, 5.41) is 0.856. The number of aryl methyl sites for hydroxylation is 3. The summed E-state index contributed by atoms with van der Waals surface area (Å²) in [6.45, 7) is 13.3. The molecule has 1 N–H and O–H groups in total. The van der Waals surface area contributed by atoms with Crippen LogP contribution >= 0.6 is 0 Å². The monoisotopic (exact) mass is 1100 g/mol. The lowest BCUT2D eigenvalue weighted by Gasteiger charge is -2.16. The topological polar surface area (TPSA) is 240 Å². The number of ether oxygens (including phenoxy) is 16. The van der Waals surface area contributed by atoms with Crippen molar-refractivity contribution in [2.75, 3.05) is 186 Å². The number of methoxy groups -OCH3 is 3. The minimum absolute atomic E-state index is 0.0596. The Labute approximate surface area is 445 Å². The van der Waals surface area contributed by atoms with Gasteiger partial charge in [-0.3, -0.25) is 4.55 Å². The maximum atomic E-state index is 14.7. The molecule has 0 saturated carbocycles. The van der Waals surface area contributed by atoms with E-state index in [1.165, 1.54) is 7.11 Å². The van der Waals surface area contributed by atoms with E-state index in [9.17, 15) is 22.6 Å². The summed E-state index contributed by atoms with van der Waals surface area (Å²) >= 11 is 0. The molecule has 0 aliphatic heterocycles. The van der Waals surface area contributed by atoms with Gasteiger partial charge in [0, 0.05) is 32.8 Å². The molecule has 23 heteroatoms. The first-order valence-electron chi connectivity index (χ1n) is 25.3. The molecule has 0 radical (unpaired) electrons. The molecule has 4 aromatic rings. The van der Waals surface area contributed by atoms with Crippen LogP contribution in [-0.4, -0.2) is 211 Å². The Morgan fingerprint density at radius 1 is 0.474 bits per heavy atom. The quantitative estimate of drug-likeness (QED) is 0.0161. The van der Waals surface area contributed by atoms with Crippen LogP contribution < -0.4 is 18.8 Å². The van der Waals surface area contributed by atoms with Gasteiger partial charge in [-0.15, -0.1) is 0 Å². The molecule has 0 spiro atoms. The molecule has 1 heterocycles. The second kappa shape index (κ2) is 38.0. The fourth-order valence-electron chi connectivity index (χ4n) is 7.40. The van der Waals surface area contributed by atoms with E-state index < -0.39 is 27.8 Å². The SMILES string of the molecule is COCCOCCOCCOCCOCCOCCOc1ccc2c(c1)c(C(=O)Oc1c(C)cc(C(=O)OC)cc1C)c1cc(OCCOCCOCCOCCOCCOCCOC)ccc1[n+]2CCCS(=O)(=O)O. The summed E-state index contributed by atoms with van der Waals surface area (Å²) in [6, 6.07) is 13.6. The standard InChI is InChI=1S/C53H77NO21S/c1-41-37-43(52(55)62-5)38-42(2)51(41)75-53(56)50-46-39-44(73-34-32-71-30-28-69-26-24-67-22-20-65-18-16-63-14-12-60-3)7-9-48(46)54(11-6-36-76(57,58)59)49-10-8-45(40-47(49)50)74-35-33-72-31-29-70-27-25-68-23-21-66-19-17-64-15-13-61-4/h7-10,37-40H,6,11-36H2,1-5H3/p+1. The summed E-state index contributed by atoms with van der Waals surface area (Å²) in [5.41, 5.74) is 2.65. The van der Waals surface area contributed by atoms with Crippen LogP contribution in [0.4, 0.5) is 0 Å². The number of nitrogens with zero attached hydrogens (tertiary/aromatic N) is 1. The third kappa shape index (κ3) is 24.7. The van der Waals surface area contributed by atoms with E-state index in [-0.39, 0.29) is 50.7 Å². The van der Waals surface area contributed by atoms with Gasteiger partial charge in [-0.25, -0.2) is 9.59 Å². The molecule has 0 aliphatic carbocycles. The van der Waals surface area contributed by atoms with Crippen LogP contribution in [0.25, 0.3) is 21.8 Å². The number of carbonyl (C=O) groups excluding carboxylic acids is 2. The van der Waals surface area contributed by atoms with Gasteiger partial charge in [0.25, 0.3) is 10.1 Å². The third-order valence-corrected chi connectivity index (χ3v) is 11.8. The van der Waals surface area contributed by atoms with Gasteiger partial charge in [0.2, 0.25) is 11.0 Å². The zero-order valence-electron chi connectivity index (χ0n) is 44.7. The first-order chi connectivity index (χ1) is 37.0. The number of rotatable bonds is 45. The number of hydrogen-bond acceptors (Lipinski definition) is 20. The highest BCUT2D eigenvalue weighted by molar-refractivity contribution is 7.85. The molecule has 3 aromatic carbocycles. The van der Waals surface area contributed by atoms with Gasteiger partial charge in [0.1, 0.15) is 30.5 Å². The van der Waals surface area contributed by atoms with E-state index in [1.54, 1.807) is 76.6 Å². The molecule has 0 bridgehead atoms. The van der Waals surface area contributed by atoms with Crippen molar-refractivity contribution in [3.63, 3.8) is 0 Å². The highest BCUT2D eigenvalue weighted by Crippen LogP contribution is 2.33. The minimum atomic E-state index is -4.28. The van der Waals surface area contributed by atoms with Crippen LogP contribution in [0.3, 0.4) is 0 Å². The van der Waals surface area contributed by atoms with Gasteiger partial charge in [-0.1, -0.05) is 0 Å². The van der Waals surface area contributed by atoms with Crippen LogP contribution in [-0.2, 0) is 78.2 Å². The Kier molecular flexibility index (Phi) is 31.9. The largest absolute Gasteiger partial charge is 0.491 e. The maximum Gasteiger partial charge on any atom is 0.345 e. The summed E-state index contributed by atoms with van der Waals surface area (Å²) < 4.78 is 124. The van der Waals surface area contributed by atoms with E-state index in [1.807, 2.05) is 4.57 Å². The average molecular weight is 1100 g/mol. The van der Waals surface area contributed by atoms with E-state index >= 15 is 0 Å². The fourth-order valence-corrected chi connectivity index (χ4v) is 7.89. The van der Waals surface area contributed by atoms with Crippen LogP contribution in [0.15, 0.2) is 48.5 Å². The zero-order chi connectivity index (χ0) is 54.6. The average Bonchev–Trinajstić information content (AvgIpc) is 3.43. The molecule has 0 amide bonds. The van der Waals surface area contributed by atoms with Crippen molar-refractivity contribution in [2.24, 2.45) is 0 Å². The van der Waals surface area contributed by atoms with Gasteiger partial charge >= 0.3 is 11.9 Å². The second-order valence-corrected chi connectivity index (χ2v) is 18.2. The maximum absolute atomic E-state index is 14.7. The highest BCUT2D eigenvalue weighted by atomic mass is 32.2. The van der Waals surface area contributed by atoms with Gasteiger partial charge in [0.15, 0.2) is 6.54 Å². The molecule has 22 nitrogen and oxygen atoms in total. The van der Waals surface area contributed by atoms with Gasteiger partial charge in [-0.05, 0) is 61.4 Å². The van der Waals surface area contributed by atoms with Gasteiger partial charge < -0.3 is 75.8 Å². The molecule has 0 saturated heterocycles. The summed E-state index contributed by atoms with van der Waals surface area (Å²) in [6.07, 6.45) is 0.0596. The second-order valence-electron chi connectivity index (χ2n) is 16.7. The van der Waals surface area contributed by atoms with E-state index in [2.05, 4.69) is 0 Å². The van der Waals surface area contributed by atoms with Crippen LogP contribution in [0.5, 0.6) is 17.2 Å². The Hall–Kier alpha value is -4.70. The number of esters is 2. The first-order valence-corrected chi connectivity index (χ1v) is 26.9. The lowest BCUT2D eigenvalue weighted by Crippen LogP contribution is -2.37. The number of hydrogen-bond donors (Lipinski definition) is 1. The van der Waals surface area contributed by atoms with Crippen molar-refractivity contribution in [2.45, 2.75) is 26.8 Å². The number of aromatic nitrogens is 1. The lowest BCUT2D eigenvalue weighted by molar-refractivity contribution is -0.645. The van der Waals surface area contributed by atoms with Crippen LogP contribution in [0, 0.1) is 13.8 Å². The Balaban J connectivity index is 1.41. The van der Waals surface area contributed by atoms with Crippen molar-refractivity contribution in [1.82, 2.24) is 0 Å². The van der Waals surface area contributed by atoms with Crippen LogP contribution in [0.2, 0.25) is 0 Å². The van der Waals surface area contributed by atoms with Crippen molar-refractivity contribution >= 4 is 43.9 Å². The number of fused-ring (bicyclic) bond motifs is 2. The highest BCUT2D eigenvalue weighted by Gasteiger charge is 2.28. The van der Waals surface area contributed by atoms with Crippen molar-refractivity contribution in [3.05, 3.63) is 70.8 Å². The minimum Gasteiger partial charge on any atom is -0.491 e. The van der Waals surface area contributed by atoms with Crippen molar-refractivity contribution < 1.29 is 103 Å². The van der Waals surface area contributed by atoms with E-state index in [0.717, 1.165) is 0 Å². The molecule has 0 aliphatic rings. The molecule has 0 unspecified atom stereocenters. The lowest BCUT2D eigenvalue weighted by atomic mass is 10.0. The first kappa shape index (κ1) is 63.8. The van der Waals surface area contributed by atoms with Crippen molar-refractivity contribution in [3.8, 4) is 17.2 Å². The third-order valence-electron chi connectivity index (χ3n) is 11.0. The van der Waals surface area contributed by atoms with Crippen molar-refractivity contribution in [1.29, 1.82) is 0 Å². The molecule has 426 valence electrons. The predicted octanol–water partition coefficient (Wildman–Crippen LogP) is 4.40. The Bertz CT molecular complexity index is 2280. The predicted molar refractivity (Wildman–Crippen MR) is 278 cm³/mol. The summed E-state index contributed by atoms with van der Waals surface area (Å²) in [7, 11) is 0.256.